The Hall–Kier alpha value is -2.49. The number of hydrogen-bond acceptors (Lipinski definition) is 5. The fourth-order valence-corrected chi connectivity index (χ4v) is 4.23. The summed E-state index contributed by atoms with van der Waals surface area (Å²) < 4.78 is 1.31. The van der Waals surface area contributed by atoms with E-state index in [0.717, 1.165) is 10.0 Å². The van der Waals surface area contributed by atoms with E-state index < -0.39 is 11.8 Å². The average molecular weight is 490 g/mol. The molecule has 2 N–H and O–H groups in total. The second-order valence-corrected chi connectivity index (χ2v) is 8.60. The quantitative estimate of drug-likeness (QED) is 0.381. The first kappa shape index (κ1) is 21.2. The standard InChI is InChI=1S/C20H16BrN3O3S2/c21-15-8-4-5-13(11-15)12-16-19(27)24(20(28)29-16)10-9-17(25)22-23-18(26)14-6-2-1-3-7-14/h1-8,11-12H,9-10H2,(H,22,25)(H,23,26). The monoisotopic (exact) mass is 489 g/mol. The molecule has 1 aliphatic heterocycles. The van der Waals surface area contributed by atoms with Gasteiger partial charge in [-0.3, -0.25) is 30.1 Å². The number of carbonyl (C=O) groups excluding carboxylic acids is 3. The van der Waals surface area contributed by atoms with Crippen LogP contribution in [0.25, 0.3) is 6.08 Å². The third kappa shape index (κ3) is 5.75. The van der Waals surface area contributed by atoms with Gasteiger partial charge in [0.15, 0.2) is 0 Å². The van der Waals surface area contributed by atoms with Crippen LogP contribution in [0.2, 0.25) is 0 Å². The lowest BCUT2D eigenvalue weighted by molar-refractivity contribution is -0.124. The molecular weight excluding hydrogens is 474 g/mol. The van der Waals surface area contributed by atoms with Crippen LogP contribution in [0.1, 0.15) is 22.3 Å². The Morgan fingerprint density at radius 2 is 1.86 bits per heavy atom. The van der Waals surface area contributed by atoms with Gasteiger partial charge in [-0.1, -0.05) is 70.2 Å². The molecule has 2 aromatic carbocycles. The van der Waals surface area contributed by atoms with Crippen molar-refractivity contribution in [3.63, 3.8) is 0 Å². The predicted molar refractivity (Wildman–Crippen MR) is 121 cm³/mol. The minimum atomic E-state index is -0.417. The Bertz CT molecular complexity index is 995. The van der Waals surface area contributed by atoms with Crippen LogP contribution in [0.5, 0.6) is 0 Å². The number of nitrogens with zero attached hydrogens (tertiary/aromatic N) is 1. The Kier molecular flexibility index (Phi) is 7.18. The topological polar surface area (TPSA) is 78.5 Å². The zero-order chi connectivity index (χ0) is 20.8. The number of benzene rings is 2. The molecule has 0 radical (unpaired) electrons. The first-order valence-corrected chi connectivity index (χ1v) is 10.6. The van der Waals surface area contributed by atoms with E-state index in [1.807, 2.05) is 24.3 Å². The van der Waals surface area contributed by atoms with E-state index in [2.05, 4.69) is 26.8 Å². The smallest absolute Gasteiger partial charge is 0.269 e. The van der Waals surface area contributed by atoms with Gasteiger partial charge in [-0.15, -0.1) is 0 Å². The van der Waals surface area contributed by atoms with Gasteiger partial charge < -0.3 is 0 Å². The number of hydrogen-bond donors (Lipinski definition) is 2. The Balaban J connectivity index is 1.52. The van der Waals surface area contributed by atoms with Crippen LogP contribution in [0.3, 0.4) is 0 Å². The van der Waals surface area contributed by atoms with Gasteiger partial charge in [-0.25, -0.2) is 0 Å². The van der Waals surface area contributed by atoms with Gasteiger partial charge in [0, 0.05) is 23.0 Å². The Morgan fingerprint density at radius 3 is 2.59 bits per heavy atom. The molecule has 0 bridgehead atoms. The third-order valence-electron chi connectivity index (χ3n) is 3.93. The number of halogens is 1. The lowest BCUT2D eigenvalue weighted by Crippen LogP contribution is -2.43. The van der Waals surface area contributed by atoms with Crippen molar-refractivity contribution in [3.8, 4) is 0 Å². The van der Waals surface area contributed by atoms with E-state index in [9.17, 15) is 14.4 Å². The molecule has 3 amide bonds. The van der Waals surface area contributed by atoms with Crippen LogP contribution in [0.4, 0.5) is 0 Å². The van der Waals surface area contributed by atoms with Gasteiger partial charge in [0.1, 0.15) is 4.32 Å². The minimum absolute atomic E-state index is 0.00563. The van der Waals surface area contributed by atoms with E-state index in [-0.39, 0.29) is 18.9 Å². The largest absolute Gasteiger partial charge is 0.292 e. The molecule has 1 saturated heterocycles. The normalized spacial score (nSPS) is 14.9. The van der Waals surface area contributed by atoms with E-state index in [4.69, 9.17) is 12.2 Å². The van der Waals surface area contributed by atoms with Crippen LogP contribution in [-0.2, 0) is 9.59 Å². The molecule has 1 aliphatic rings. The van der Waals surface area contributed by atoms with Crippen molar-refractivity contribution in [1.82, 2.24) is 15.8 Å². The maximum absolute atomic E-state index is 12.6. The van der Waals surface area contributed by atoms with Gasteiger partial charge >= 0.3 is 0 Å². The van der Waals surface area contributed by atoms with Crippen LogP contribution in [0, 0.1) is 0 Å². The van der Waals surface area contributed by atoms with Gasteiger partial charge in [0.05, 0.1) is 4.91 Å². The number of nitrogens with one attached hydrogen (secondary N) is 2. The van der Waals surface area contributed by atoms with Crippen LogP contribution in [-0.4, -0.2) is 33.5 Å². The molecule has 6 nitrogen and oxygen atoms in total. The van der Waals surface area contributed by atoms with Crippen molar-refractivity contribution < 1.29 is 14.4 Å². The molecular formula is C20H16BrN3O3S2. The highest BCUT2D eigenvalue weighted by atomic mass is 79.9. The van der Waals surface area contributed by atoms with E-state index in [1.165, 1.54) is 16.7 Å². The SMILES string of the molecule is O=C(CCN1C(=O)C(=Cc2cccc(Br)c2)SC1=S)NNC(=O)c1ccccc1. The summed E-state index contributed by atoms with van der Waals surface area (Å²) in [7, 11) is 0. The molecule has 0 saturated carbocycles. The molecule has 9 heteroatoms. The molecule has 0 spiro atoms. The highest BCUT2D eigenvalue weighted by Crippen LogP contribution is 2.32. The highest BCUT2D eigenvalue weighted by Gasteiger charge is 2.32. The van der Waals surface area contributed by atoms with Crippen LogP contribution >= 0.6 is 39.9 Å². The molecule has 0 aromatic heterocycles. The fourth-order valence-electron chi connectivity index (χ4n) is 2.50. The van der Waals surface area contributed by atoms with E-state index >= 15 is 0 Å². The van der Waals surface area contributed by atoms with Gasteiger partial charge in [0.2, 0.25) is 5.91 Å². The summed E-state index contributed by atoms with van der Waals surface area (Å²) in [5, 5.41) is 0. The van der Waals surface area contributed by atoms with Gasteiger partial charge in [-0.2, -0.15) is 0 Å². The number of rotatable bonds is 5. The summed E-state index contributed by atoms with van der Waals surface area (Å²) in [6, 6.07) is 16.1. The summed E-state index contributed by atoms with van der Waals surface area (Å²) in [6.07, 6.45) is 1.77. The lowest BCUT2D eigenvalue weighted by atomic mass is 10.2. The van der Waals surface area contributed by atoms with Gasteiger partial charge in [0.25, 0.3) is 11.8 Å². The first-order chi connectivity index (χ1) is 13.9. The van der Waals surface area contributed by atoms with Crippen molar-refractivity contribution in [3.05, 3.63) is 75.1 Å². The zero-order valence-corrected chi connectivity index (χ0v) is 18.3. The molecule has 0 atom stereocenters. The molecule has 1 fully saturated rings. The minimum Gasteiger partial charge on any atom is -0.292 e. The Morgan fingerprint density at radius 1 is 1.10 bits per heavy atom. The summed E-state index contributed by atoms with van der Waals surface area (Å²) in [5.74, 6) is -1.07. The number of thiocarbonyl (C=S) groups is 1. The van der Waals surface area contributed by atoms with Crippen molar-refractivity contribution >= 4 is 68.0 Å². The summed E-state index contributed by atoms with van der Waals surface area (Å²) in [4.78, 5) is 38.5. The molecule has 148 valence electrons. The maximum Gasteiger partial charge on any atom is 0.269 e. The molecule has 0 aliphatic carbocycles. The molecule has 2 aromatic rings. The number of thioether (sulfide) groups is 1. The zero-order valence-electron chi connectivity index (χ0n) is 15.1. The Labute approximate surface area is 185 Å². The summed E-state index contributed by atoms with van der Waals surface area (Å²) in [6.45, 7) is 0.132. The third-order valence-corrected chi connectivity index (χ3v) is 5.80. The highest BCUT2D eigenvalue weighted by molar-refractivity contribution is 9.10. The second-order valence-electron chi connectivity index (χ2n) is 6.01. The number of carbonyl (C=O) groups is 3. The van der Waals surface area contributed by atoms with E-state index in [0.29, 0.717) is 14.8 Å². The summed E-state index contributed by atoms with van der Waals surface area (Å²) >= 11 is 9.88. The summed E-state index contributed by atoms with van der Waals surface area (Å²) in [5.41, 5.74) is 6.00. The number of hydrazine groups is 1. The molecule has 3 rings (SSSR count). The van der Waals surface area contributed by atoms with Gasteiger partial charge in [-0.05, 0) is 35.9 Å². The van der Waals surface area contributed by atoms with Crippen molar-refractivity contribution in [2.45, 2.75) is 6.42 Å². The second kappa shape index (κ2) is 9.82. The van der Waals surface area contributed by atoms with E-state index in [1.54, 1.807) is 36.4 Å². The first-order valence-electron chi connectivity index (χ1n) is 8.59. The molecule has 1 heterocycles. The van der Waals surface area contributed by atoms with Crippen molar-refractivity contribution in [2.75, 3.05) is 6.54 Å². The number of amides is 3. The van der Waals surface area contributed by atoms with Crippen LogP contribution < -0.4 is 10.9 Å². The lowest BCUT2D eigenvalue weighted by Gasteiger charge is -2.14. The molecule has 0 unspecified atom stereocenters. The maximum atomic E-state index is 12.6. The fraction of sp³-hybridized carbons (Fsp3) is 0.100. The van der Waals surface area contributed by atoms with Crippen LogP contribution in [0.15, 0.2) is 64.0 Å². The van der Waals surface area contributed by atoms with Crippen molar-refractivity contribution in [1.29, 1.82) is 0 Å². The molecule has 29 heavy (non-hydrogen) atoms. The average Bonchev–Trinajstić information content (AvgIpc) is 2.98. The predicted octanol–water partition coefficient (Wildman–Crippen LogP) is 3.50. The van der Waals surface area contributed by atoms with Crippen molar-refractivity contribution in [2.24, 2.45) is 0 Å².